The highest BCUT2D eigenvalue weighted by Gasteiger charge is 2.30. The van der Waals surface area contributed by atoms with Crippen molar-refractivity contribution in [3.8, 4) is 0 Å². The van der Waals surface area contributed by atoms with Crippen molar-refractivity contribution in [3.05, 3.63) is 61.8 Å². The number of nitrogens with two attached hydrogens (primary N) is 1. The molecule has 1 aliphatic rings. The van der Waals surface area contributed by atoms with Crippen LogP contribution in [0, 0.1) is 0 Å². The molecule has 33 heavy (non-hydrogen) atoms. The molecule has 12 heteroatoms. The third-order valence-corrected chi connectivity index (χ3v) is 5.56. The second-order valence-corrected chi connectivity index (χ2v) is 7.83. The highest BCUT2D eigenvalue weighted by Crippen LogP contribution is 2.29. The predicted octanol–water partition coefficient (Wildman–Crippen LogP) is 0.785. The normalized spacial score (nSPS) is 15.6. The molecule has 0 spiro atoms. The van der Waals surface area contributed by atoms with Crippen LogP contribution in [0.5, 0.6) is 0 Å². The molecule has 2 heterocycles. The zero-order chi connectivity index (χ0) is 24.2. The molecule has 0 bridgehead atoms. The minimum Gasteiger partial charge on any atom is -0.384 e. The molecular weight excluding hydrogens is 443 g/mol. The van der Waals surface area contributed by atoms with Gasteiger partial charge in [0.25, 0.3) is 5.56 Å². The van der Waals surface area contributed by atoms with Crippen molar-refractivity contribution in [2.24, 2.45) is 0 Å². The standard InChI is InChI=1S/C21H26F3N5O4/c1-33-11-10-29-18(25)17(19(31)26-20(29)32)16(30)13-28-8-6-27(7-9-28)12-14-2-4-15(5-3-14)21(22,23)24/h2-5H,6-13,25H2,1H3,(H,26,31,32). The van der Waals surface area contributed by atoms with E-state index in [-0.39, 0.29) is 31.1 Å². The number of halogens is 3. The maximum atomic E-state index is 12.8. The average molecular weight is 469 g/mol. The molecule has 2 aromatic rings. The third-order valence-electron chi connectivity index (χ3n) is 5.56. The number of nitrogens with one attached hydrogen (secondary N) is 1. The first kappa shape index (κ1) is 24.7. The molecule has 1 saturated heterocycles. The van der Waals surface area contributed by atoms with Crippen LogP contribution in [-0.2, 0) is 24.0 Å². The summed E-state index contributed by atoms with van der Waals surface area (Å²) in [5, 5.41) is 0. The quantitative estimate of drug-likeness (QED) is 0.550. The van der Waals surface area contributed by atoms with Crippen molar-refractivity contribution in [2.45, 2.75) is 19.3 Å². The third kappa shape index (κ3) is 6.09. The van der Waals surface area contributed by atoms with Gasteiger partial charge in [-0.25, -0.2) is 4.79 Å². The number of hydrogen-bond donors (Lipinski definition) is 2. The monoisotopic (exact) mass is 469 g/mol. The van der Waals surface area contributed by atoms with Gasteiger partial charge in [0.1, 0.15) is 11.4 Å². The van der Waals surface area contributed by atoms with Crippen LogP contribution in [0.25, 0.3) is 0 Å². The second kappa shape index (κ2) is 10.3. The number of aromatic nitrogens is 2. The number of methoxy groups -OCH3 is 1. The number of piperazine rings is 1. The summed E-state index contributed by atoms with van der Waals surface area (Å²) < 4.78 is 44.1. The molecule has 3 rings (SSSR count). The summed E-state index contributed by atoms with van der Waals surface area (Å²) in [6.45, 7) is 3.02. The van der Waals surface area contributed by atoms with E-state index in [0.717, 1.165) is 22.3 Å². The van der Waals surface area contributed by atoms with Gasteiger partial charge in [-0.05, 0) is 17.7 Å². The molecule has 0 amide bonds. The van der Waals surface area contributed by atoms with E-state index >= 15 is 0 Å². The summed E-state index contributed by atoms with van der Waals surface area (Å²) >= 11 is 0. The lowest BCUT2D eigenvalue weighted by Crippen LogP contribution is -2.48. The zero-order valence-corrected chi connectivity index (χ0v) is 18.2. The van der Waals surface area contributed by atoms with Gasteiger partial charge in [0.2, 0.25) is 0 Å². The smallest absolute Gasteiger partial charge is 0.384 e. The Balaban J connectivity index is 1.58. The SMILES string of the molecule is COCCn1c(N)c(C(=O)CN2CCN(Cc3ccc(C(F)(F)F)cc3)CC2)c(=O)[nH]c1=O. The molecule has 1 aromatic heterocycles. The lowest BCUT2D eigenvalue weighted by Gasteiger charge is -2.34. The number of H-pyrrole nitrogens is 1. The number of carbonyl (C=O) groups is 1. The summed E-state index contributed by atoms with van der Waals surface area (Å²) in [6, 6.07) is 5.06. The molecule has 0 saturated carbocycles. The molecule has 0 radical (unpaired) electrons. The summed E-state index contributed by atoms with van der Waals surface area (Å²) in [7, 11) is 1.45. The molecule has 3 N–H and O–H groups in total. The van der Waals surface area contributed by atoms with Crippen molar-refractivity contribution in [3.63, 3.8) is 0 Å². The van der Waals surface area contributed by atoms with Crippen LogP contribution < -0.4 is 17.0 Å². The Kier molecular flexibility index (Phi) is 7.72. The van der Waals surface area contributed by atoms with Crippen LogP contribution in [-0.4, -0.2) is 71.6 Å². The topological polar surface area (TPSA) is 114 Å². The number of nitrogens with zero attached hydrogens (tertiary/aromatic N) is 3. The Bertz CT molecular complexity index is 1090. The van der Waals surface area contributed by atoms with Gasteiger partial charge in [0, 0.05) is 39.8 Å². The maximum Gasteiger partial charge on any atom is 0.416 e. The fourth-order valence-corrected chi connectivity index (χ4v) is 3.71. The number of hydrogen-bond acceptors (Lipinski definition) is 7. The maximum absolute atomic E-state index is 12.8. The van der Waals surface area contributed by atoms with Gasteiger partial charge in [-0.3, -0.25) is 28.9 Å². The zero-order valence-electron chi connectivity index (χ0n) is 18.2. The van der Waals surface area contributed by atoms with Crippen LogP contribution in [0.4, 0.5) is 19.0 Å². The van der Waals surface area contributed by atoms with Crippen molar-refractivity contribution in [1.82, 2.24) is 19.4 Å². The summed E-state index contributed by atoms with van der Waals surface area (Å²) in [6.07, 6.45) is -4.36. The Morgan fingerprint density at radius 2 is 1.70 bits per heavy atom. The highest BCUT2D eigenvalue weighted by molar-refractivity contribution is 6.01. The Labute approximate surface area is 187 Å². The molecule has 1 aromatic carbocycles. The van der Waals surface area contributed by atoms with Gasteiger partial charge in [0.05, 0.1) is 25.3 Å². The van der Waals surface area contributed by atoms with E-state index in [2.05, 4.69) is 9.88 Å². The van der Waals surface area contributed by atoms with E-state index in [1.807, 2.05) is 4.90 Å². The minimum atomic E-state index is -4.36. The number of Topliss-reactive ketones (excluding diaryl/α,β-unsaturated/α-hetero) is 1. The van der Waals surface area contributed by atoms with Crippen LogP contribution in [0.15, 0.2) is 33.9 Å². The number of ether oxygens (including phenoxy) is 1. The summed E-state index contributed by atoms with van der Waals surface area (Å²) in [4.78, 5) is 43.0. The van der Waals surface area contributed by atoms with E-state index in [4.69, 9.17) is 10.5 Å². The largest absolute Gasteiger partial charge is 0.416 e. The molecule has 9 nitrogen and oxygen atoms in total. The number of anilines is 1. The Hall–Kier alpha value is -2.96. The average Bonchev–Trinajstić information content (AvgIpc) is 2.74. The van der Waals surface area contributed by atoms with Crippen molar-refractivity contribution >= 4 is 11.6 Å². The van der Waals surface area contributed by atoms with Crippen molar-refractivity contribution < 1.29 is 22.7 Å². The van der Waals surface area contributed by atoms with Gasteiger partial charge in [-0.1, -0.05) is 12.1 Å². The number of ketones is 1. The van der Waals surface area contributed by atoms with Gasteiger partial charge in [-0.15, -0.1) is 0 Å². The van der Waals surface area contributed by atoms with Crippen LogP contribution in [0.3, 0.4) is 0 Å². The minimum absolute atomic E-state index is 0.0378. The van der Waals surface area contributed by atoms with Crippen molar-refractivity contribution in [1.29, 1.82) is 0 Å². The first-order valence-electron chi connectivity index (χ1n) is 10.4. The molecule has 0 aliphatic carbocycles. The van der Waals surface area contributed by atoms with E-state index in [1.165, 1.54) is 19.2 Å². The van der Waals surface area contributed by atoms with Gasteiger partial charge >= 0.3 is 11.9 Å². The van der Waals surface area contributed by atoms with Gasteiger partial charge in [0.15, 0.2) is 5.78 Å². The molecule has 1 aliphatic heterocycles. The molecule has 0 atom stereocenters. The fourth-order valence-electron chi connectivity index (χ4n) is 3.71. The van der Waals surface area contributed by atoms with Crippen LogP contribution in [0.2, 0.25) is 0 Å². The van der Waals surface area contributed by atoms with E-state index < -0.39 is 28.8 Å². The van der Waals surface area contributed by atoms with Crippen LogP contribution >= 0.6 is 0 Å². The summed E-state index contributed by atoms with van der Waals surface area (Å²) in [5.41, 5.74) is 4.25. The molecule has 0 unspecified atom stereocenters. The highest BCUT2D eigenvalue weighted by atomic mass is 19.4. The number of rotatable bonds is 8. The molecule has 180 valence electrons. The van der Waals surface area contributed by atoms with Crippen molar-refractivity contribution in [2.75, 3.05) is 52.2 Å². The summed E-state index contributed by atoms with van der Waals surface area (Å²) in [5.74, 6) is -0.678. The lowest BCUT2D eigenvalue weighted by molar-refractivity contribution is -0.137. The first-order chi connectivity index (χ1) is 15.6. The number of carbonyl (C=O) groups excluding carboxylic acids is 1. The molecular formula is C21H26F3N5O4. The lowest BCUT2D eigenvalue weighted by atomic mass is 10.1. The van der Waals surface area contributed by atoms with Crippen LogP contribution in [0.1, 0.15) is 21.5 Å². The number of alkyl halides is 3. The molecule has 1 fully saturated rings. The predicted molar refractivity (Wildman–Crippen MR) is 115 cm³/mol. The van der Waals surface area contributed by atoms with Gasteiger partial charge in [-0.2, -0.15) is 13.2 Å². The van der Waals surface area contributed by atoms with E-state index in [1.54, 1.807) is 0 Å². The van der Waals surface area contributed by atoms with Gasteiger partial charge < -0.3 is 10.5 Å². The Morgan fingerprint density at radius 1 is 1.09 bits per heavy atom. The number of benzene rings is 1. The number of aromatic amines is 1. The first-order valence-corrected chi connectivity index (χ1v) is 10.4. The number of nitrogen functional groups attached to an aromatic ring is 1. The van der Waals surface area contributed by atoms with E-state index in [0.29, 0.717) is 32.7 Å². The second-order valence-electron chi connectivity index (χ2n) is 7.83. The fraction of sp³-hybridized carbons (Fsp3) is 0.476. The Morgan fingerprint density at radius 3 is 2.27 bits per heavy atom. The van der Waals surface area contributed by atoms with E-state index in [9.17, 15) is 27.6 Å².